The van der Waals surface area contributed by atoms with Gasteiger partial charge in [0, 0.05) is 17.6 Å². The maximum atomic E-state index is 13.9. The third kappa shape index (κ3) is 7.23. The highest BCUT2D eigenvalue weighted by atomic mass is 79.9. The number of benzene rings is 3. The lowest BCUT2D eigenvalue weighted by molar-refractivity contribution is -0.139. The molecule has 0 saturated heterocycles. The molecule has 2 amide bonds. The van der Waals surface area contributed by atoms with Crippen LogP contribution in [0.15, 0.2) is 82.2 Å². The molecule has 0 aliphatic carbocycles. The molecule has 3 aromatic rings. The predicted molar refractivity (Wildman–Crippen MR) is 154 cm³/mol. The molecule has 0 radical (unpaired) electrons. The molecule has 0 saturated carbocycles. The summed E-state index contributed by atoms with van der Waals surface area (Å²) in [5.74, 6) is -0.771. The molecular weight excluding hydrogens is 566 g/mol. The Labute approximate surface area is 234 Å². The first-order chi connectivity index (χ1) is 18.0. The lowest BCUT2D eigenvalue weighted by Gasteiger charge is -2.32. The fraction of sp³-hybridized carbons (Fsp3) is 0.310. The molecule has 38 heavy (non-hydrogen) atoms. The second-order valence-electron chi connectivity index (χ2n) is 9.23. The van der Waals surface area contributed by atoms with Crippen LogP contribution in [0.5, 0.6) is 0 Å². The molecule has 0 fully saturated rings. The number of aryl methyl sites for hydroxylation is 2. The average molecular weight is 601 g/mol. The summed E-state index contributed by atoms with van der Waals surface area (Å²) < 4.78 is 29.8. The minimum Gasteiger partial charge on any atom is -0.354 e. The van der Waals surface area contributed by atoms with Crippen LogP contribution in [-0.2, 0) is 26.2 Å². The summed E-state index contributed by atoms with van der Waals surface area (Å²) in [5, 5.41) is 2.85. The molecule has 202 valence electrons. The Morgan fingerprint density at radius 1 is 0.947 bits per heavy atom. The van der Waals surface area contributed by atoms with Crippen molar-refractivity contribution < 1.29 is 18.0 Å². The SMILES string of the molecule is CCCNC(=O)[C@H](C)N(Cc1ccc(Br)cc1)C(=O)CN(c1ccccc1C)S(=O)(=O)c1ccc(C)cc1. The molecule has 1 atom stereocenters. The van der Waals surface area contributed by atoms with Crippen molar-refractivity contribution in [3.05, 3.63) is 94.0 Å². The maximum Gasteiger partial charge on any atom is 0.264 e. The standard InChI is InChI=1S/C29H34BrN3O4S/c1-5-18-31-29(35)23(4)32(19-24-12-14-25(30)15-13-24)28(34)20-33(27-9-7-6-8-22(27)3)38(36,37)26-16-10-21(2)11-17-26/h6-17,23H,5,18-20H2,1-4H3,(H,31,35)/t23-/m0/s1. The summed E-state index contributed by atoms with van der Waals surface area (Å²) in [5.41, 5.74) is 2.87. The van der Waals surface area contributed by atoms with Gasteiger partial charge in [-0.2, -0.15) is 0 Å². The summed E-state index contributed by atoms with van der Waals surface area (Å²) >= 11 is 3.42. The van der Waals surface area contributed by atoms with E-state index in [4.69, 9.17) is 0 Å². The highest BCUT2D eigenvalue weighted by Crippen LogP contribution is 2.27. The van der Waals surface area contributed by atoms with Crippen LogP contribution in [0, 0.1) is 13.8 Å². The first-order valence-corrected chi connectivity index (χ1v) is 14.7. The second-order valence-corrected chi connectivity index (χ2v) is 12.0. The van der Waals surface area contributed by atoms with E-state index in [1.165, 1.54) is 4.90 Å². The fourth-order valence-corrected chi connectivity index (χ4v) is 5.70. The van der Waals surface area contributed by atoms with Crippen molar-refractivity contribution in [3.63, 3.8) is 0 Å². The Bertz CT molecular complexity index is 1360. The van der Waals surface area contributed by atoms with Crippen LogP contribution in [0.2, 0.25) is 0 Å². The number of rotatable bonds is 11. The molecule has 1 N–H and O–H groups in total. The van der Waals surface area contributed by atoms with Crippen molar-refractivity contribution in [1.82, 2.24) is 10.2 Å². The van der Waals surface area contributed by atoms with E-state index in [2.05, 4.69) is 21.2 Å². The van der Waals surface area contributed by atoms with E-state index in [1.807, 2.05) is 44.2 Å². The number of nitrogens with zero attached hydrogens (tertiary/aromatic N) is 2. The normalized spacial score (nSPS) is 12.0. The van der Waals surface area contributed by atoms with Crippen LogP contribution < -0.4 is 9.62 Å². The number of amides is 2. The lowest BCUT2D eigenvalue weighted by Crippen LogP contribution is -2.51. The summed E-state index contributed by atoms with van der Waals surface area (Å²) in [6, 6.07) is 20.2. The van der Waals surface area contributed by atoms with Crippen molar-refractivity contribution in [2.24, 2.45) is 0 Å². The van der Waals surface area contributed by atoms with E-state index in [0.717, 1.165) is 26.3 Å². The minimum absolute atomic E-state index is 0.0901. The molecule has 3 rings (SSSR count). The molecule has 3 aromatic carbocycles. The number of sulfonamides is 1. The molecular formula is C29H34BrN3O4S. The molecule has 7 nitrogen and oxygen atoms in total. The number of hydrogen-bond donors (Lipinski definition) is 1. The summed E-state index contributed by atoms with van der Waals surface area (Å²) in [6.07, 6.45) is 0.759. The molecule has 0 spiro atoms. The minimum atomic E-state index is -4.08. The second kappa shape index (κ2) is 13.1. The van der Waals surface area contributed by atoms with Crippen LogP contribution in [0.4, 0.5) is 5.69 Å². The van der Waals surface area contributed by atoms with E-state index >= 15 is 0 Å². The highest BCUT2D eigenvalue weighted by molar-refractivity contribution is 9.10. The van der Waals surface area contributed by atoms with Gasteiger partial charge < -0.3 is 10.2 Å². The summed E-state index contributed by atoms with van der Waals surface area (Å²) in [7, 11) is -4.08. The Balaban J connectivity index is 2.02. The van der Waals surface area contributed by atoms with E-state index in [0.29, 0.717) is 17.8 Å². The van der Waals surface area contributed by atoms with Gasteiger partial charge in [0.15, 0.2) is 0 Å². The number of hydrogen-bond acceptors (Lipinski definition) is 4. The van der Waals surface area contributed by atoms with Crippen molar-refractivity contribution >= 4 is 43.5 Å². The Kier molecular flexibility index (Phi) is 10.1. The van der Waals surface area contributed by atoms with Gasteiger partial charge in [0.2, 0.25) is 11.8 Å². The monoisotopic (exact) mass is 599 g/mol. The number of anilines is 1. The smallest absolute Gasteiger partial charge is 0.264 e. The Morgan fingerprint density at radius 3 is 2.18 bits per heavy atom. The van der Waals surface area contributed by atoms with E-state index in [-0.39, 0.29) is 17.3 Å². The first kappa shape index (κ1) is 29.4. The van der Waals surface area contributed by atoms with Gasteiger partial charge in [-0.3, -0.25) is 13.9 Å². The topological polar surface area (TPSA) is 86.8 Å². The highest BCUT2D eigenvalue weighted by Gasteiger charge is 2.33. The van der Waals surface area contributed by atoms with Crippen molar-refractivity contribution in [2.75, 3.05) is 17.4 Å². The molecule has 0 aliphatic heterocycles. The summed E-state index contributed by atoms with van der Waals surface area (Å²) in [6.45, 7) is 7.48. The molecule has 0 aromatic heterocycles. The van der Waals surface area contributed by atoms with Crippen LogP contribution in [0.25, 0.3) is 0 Å². The van der Waals surface area contributed by atoms with Crippen LogP contribution in [-0.4, -0.2) is 44.3 Å². The summed E-state index contributed by atoms with van der Waals surface area (Å²) in [4.78, 5) is 28.3. The quantitative estimate of drug-likeness (QED) is 0.328. The van der Waals surface area contributed by atoms with E-state index in [1.54, 1.807) is 56.3 Å². The van der Waals surface area contributed by atoms with E-state index in [9.17, 15) is 18.0 Å². The van der Waals surface area contributed by atoms with Gasteiger partial charge >= 0.3 is 0 Å². The van der Waals surface area contributed by atoms with Crippen molar-refractivity contribution in [2.45, 2.75) is 51.6 Å². The fourth-order valence-electron chi connectivity index (χ4n) is 3.96. The number of para-hydroxylation sites is 1. The zero-order valence-corrected chi connectivity index (χ0v) is 24.6. The van der Waals surface area contributed by atoms with Crippen LogP contribution in [0.3, 0.4) is 0 Å². The zero-order chi connectivity index (χ0) is 27.9. The molecule has 0 aliphatic rings. The molecule has 0 heterocycles. The van der Waals surface area contributed by atoms with Gasteiger partial charge in [-0.15, -0.1) is 0 Å². The first-order valence-electron chi connectivity index (χ1n) is 12.5. The van der Waals surface area contributed by atoms with Gasteiger partial charge in [0.05, 0.1) is 10.6 Å². The lowest BCUT2D eigenvalue weighted by atomic mass is 10.1. The van der Waals surface area contributed by atoms with Crippen molar-refractivity contribution in [3.8, 4) is 0 Å². The molecule has 9 heteroatoms. The van der Waals surface area contributed by atoms with Crippen LogP contribution in [0.1, 0.15) is 37.0 Å². The van der Waals surface area contributed by atoms with Gasteiger partial charge in [0.25, 0.3) is 10.0 Å². The van der Waals surface area contributed by atoms with Gasteiger partial charge in [-0.1, -0.05) is 70.9 Å². The maximum absolute atomic E-state index is 13.9. The number of carbonyl (C=O) groups is 2. The van der Waals surface area contributed by atoms with Gasteiger partial charge in [0.1, 0.15) is 12.6 Å². The number of carbonyl (C=O) groups excluding carboxylic acids is 2. The molecule has 0 unspecified atom stereocenters. The third-order valence-corrected chi connectivity index (χ3v) is 8.56. The Morgan fingerprint density at radius 2 is 1.58 bits per heavy atom. The Hall–Kier alpha value is -3.17. The largest absolute Gasteiger partial charge is 0.354 e. The number of nitrogens with one attached hydrogen (secondary N) is 1. The number of halogens is 1. The third-order valence-electron chi connectivity index (χ3n) is 6.25. The van der Waals surface area contributed by atoms with Crippen LogP contribution >= 0.6 is 15.9 Å². The average Bonchev–Trinajstić information content (AvgIpc) is 2.90. The predicted octanol–water partition coefficient (Wildman–Crippen LogP) is 5.20. The van der Waals surface area contributed by atoms with E-state index < -0.39 is 28.5 Å². The van der Waals surface area contributed by atoms with Gasteiger partial charge in [-0.05, 0) is 68.7 Å². The zero-order valence-electron chi connectivity index (χ0n) is 22.1. The molecule has 0 bridgehead atoms. The van der Waals surface area contributed by atoms with Gasteiger partial charge in [-0.25, -0.2) is 8.42 Å². The van der Waals surface area contributed by atoms with Crippen molar-refractivity contribution in [1.29, 1.82) is 0 Å².